The van der Waals surface area contributed by atoms with Gasteiger partial charge in [0.2, 0.25) is 0 Å². The van der Waals surface area contributed by atoms with Gasteiger partial charge in [0, 0.05) is 13.3 Å². The number of hydrogen-bond acceptors (Lipinski definition) is 1. The molecule has 0 aromatic heterocycles. The molecule has 0 aromatic carbocycles. The van der Waals surface area contributed by atoms with E-state index in [-0.39, 0.29) is 0 Å². The van der Waals surface area contributed by atoms with E-state index in [0.717, 1.165) is 6.16 Å². The Bertz CT molecular complexity index is 291. The molecule has 3 heteroatoms. The van der Waals surface area contributed by atoms with Crippen LogP contribution in [0.2, 0.25) is 0 Å². The van der Waals surface area contributed by atoms with Crippen LogP contribution in [0.5, 0.6) is 0 Å². The van der Waals surface area contributed by atoms with Gasteiger partial charge in [-0.1, -0.05) is 59.3 Å². The van der Waals surface area contributed by atoms with E-state index < -0.39 is 7.26 Å². The number of carbonyl (C=O) groups excluding carboxylic acids is 1. The smallest absolute Gasteiger partial charge is 0.257 e. The molecule has 0 atom stereocenters. The highest BCUT2D eigenvalue weighted by molar-refractivity contribution is 7.76. The first-order valence-electron chi connectivity index (χ1n) is 10.3. The fourth-order valence-corrected chi connectivity index (χ4v) is 8.68. The van der Waals surface area contributed by atoms with Crippen molar-refractivity contribution < 1.29 is 4.79 Å². The summed E-state index contributed by atoms with van der Waals surface area (Å²) in [5.74, 6) is 0.383. The Morgan fingerprint density at radius 3 is 1.78 bits per heavy atom. The maximum absolute atomic E-state index is 12.7. The van der Waals surface area contributed by atoms with Crippen molar-refractivity contribution in [3.8, 4) is 0 Å². The maximum atomic E-state index is 12.7. The van der Waals surface area contributed by atoms with E-state index in [0.29, 0.717) is 11.9 Å². The summed E-state index contributed by atoms with van der Waals surface area (Å²) in [5.41, 5.74) is 0. The van der Waals surface area contributed by atoms with Crippen LogP contribution in [-0.2, 0) is 4.79 Å². The van der Waals surface area contributed by atoms with Gasteiger partial charge in [0.25, 0.3) is 5.91 Å². The van der Waals surface area contributed by atoms with Crippen LogP contribution < -0.4 is 5.32 Å². The van der Waals surface area contributed by atoms with Crippen molar-refractivity contribution in [1.29, 1.82) is 0 Å². The van der Waals surface area contributed by atoms with E-state index in [2.05, 4.69) is 26.1 Å². The fraction of sp³-hybridized carbons (Fsp3) is 0.950. The molecule has 0 aliphatic heterocycles. The molecule has 0 heterocycles. The molecule has 0 saturated heterocycles. The number of amides is 1. The predicted octanol–water partition coefficient (Wildman–Crippen LogP) is 5.85. The average Bonchev–Trinajstić information content (AvgIpc) is 2.57. The molecule has 1 saturated carbocycles. The van der Waals surface area contributed by atoms with Crippen LogP contribution in [-0.4, -0.2) is 36.6 Å². The van der Waals surface area contributed by atoms with Crippen LogP contribution in [0.4, 0.5) is 0 Å². The van der Waals surface area contributed by atoms with Crippen LogP contribution >= 0.6 is 7.26 Å². The van der Waals surface area contributed by atoms with Gasteiger partial charge >= 0.3 is 0 Å². The first-order chi connectivity index (χ1) is 11.2. The molecule has 2 nitrogen and oxygen atoms in total. The molecule has 1 rings (SSSR count). The minimum atomic E-state index is -1.08. The lowest BCUT2D eigenvalue weighted by Gasteiger charge is -2.29. The zero-order valence-corrected chi connectivity index (χ0v) is 16.9. The average molecular weight is 343 g/mol. The molecule has 0 aromatic rings. The highest BCUT2D eigenvalue weighted by Gasteiger charge is 2.38. The number of carbonyl (C=O) groups is 1. The van der Waals surface area contributed by atoms with Crippen molar-refractivity contribution in [2.75, 3.05) is 24.6 Å². The minimum Gasteiger partial charge on any atom is -0.350 e. The van der Waals surface area contributed by atoms with Crippen LogP contribution in [0, 0.1) is 0 Å². The summed E-state index contributed by atoms with van der Waals surface area (Å²) in [4.78, 5) is 12.7. The summed E-state index contributed by atoms with van der Waals surface area (Å²) in [6.45, 7) is 6.86. The topological polar surface area (TPSA) is 29.1 Å². The molecular weight excluding hydrogens is 301 g/mol. The molecule has 1 aliphatic carbocycles. The second kappa shape index (κ2) is 12.3. The Morgan fingerprint density at radius 1 is 0.870 bits per heavy atom. The normalized spacial score (nSPS) is 16.5. The predicted molar refractivity (Wildman–Crippen MR) is 106 cm³/mol. The second-order valence-electron chi connectivity index (χ2n) is 7.63. The van der Waals surface area contributed by atoms with Gasteiger partial charge in [0.1, 0.15) is 6.16 Å². The molecule has 1 fully saturated rings. The third kappa shape index (κ3) is 8.52. The summed E-state index contributed by atoms with van der Waals surface area (Å²) < 4.78 is 0. The SMILES string of the molecule is CCCC[P+](CCCC)(CCCC)CC(=O)NC1CCCCC1. The molecular formula is C20H41NOP+. The lowest BCUT2D eigenvalue weighted by Crippen LogP contribution is -2.39. The fourth-order valence-electron chi connectivity index (χ4n) is 3.88. The summed E-state index contributed by atoms with van der Waals surface area (Å²) in [6, 6.07) is 0.474. The Hall–Kier alpha value is -0.100. The van der Waals surface area contributed by atoms with Gasteiger partial charge in [-0.25, -0.2) is 0 Å². The highest BCUT2D eigenvalue weighted by Crippen LogP contribution is 2.60. The van der Waals surface area contributed by atoms with Crippen molar-refractivity contribution >= 4 is 13.2 Å². The van der Waals surface area contributed by atoms with Crippen LogP contribution in [0.15, 0.2) is 0 Å². The van der Waals surface area contributed by atoms with Crippen LogP contribution in [0.25, 0.3) is 0 Å². The monoisotopic (exact) mass is 342 g/mol. The minimum absolute atomic E-state index is 0.383. The summed E-state index contributed by atoms with van der Waals surface area (Å²) >= 11 is 0. The number of nitrogens with one attached hydrogen (secondary N) is 1. The van der Waals surface area contributed by atoms with Crippen LogP contribution in [0.3, 0.4) is 0 Å². The molecule has 1 amide bonds. The first-order valence-corrected chi connectivity index (χ1v) is 12.8. The number of rotatable bonds is 12. The Labute approximate surface area is 145 Å². The van der Waals surface area contributed by atoms with E-state index >= 15 is 0 Å². The van der Waals surface area contributed by atoms with Crippen molar-refractivity contribution in [3.05, 3.63) is 0 Å². The van der Waals surface area contributed by atoms with Crippen molar-refractivity contribution in [2.45, 2.75) is 97.4 Å². The van der Waals surface area contributed by atoms with Gasteiger partial charge in [-0.15, -0.1) is 0 Å². The largest absolute Gasteiger partial charge is 0.350 e. The Balaban J connectivity index is 2.63. The Kier molecular flexibility index (Phi) is 11.2. The number of hydrogen-bond donors (Lipinski definition) is 1. The molecule has 0 bridgehead atoms. The molecule has 1 aliphatic rings. The standard InChI is InChI=1S/C20H40NOP/c1-4-7-15-23(16-8-5-2,17-9-6-3)18-20(22)21-19-13-11-10-12-14-19/h19H,4-18H2,1-3H3/p+1. The van der Waals surface area contributed by atoms with E-state index in [1.54, 1.807) is 0 Å². The van der Waals surface area contributed by atoms with Gasteiger partial charge in [-0.05, 0) is 32.1 Å². The summed E-state index contributed by atoms with van der Waals surface area (Å²) in [6.07, 6.45) is 19.0. The summed E-state index contributed by atoms with van der Waals surface area (Å²) in [5, 5.41) is 3.39. The van der Waals surface area contributed by atoms with Crippen molar-refractivity contribution in [1.82, 2.24) is 5.32 Å². The third-order valence-electron chi connectivity index (χ3n) is 5.41. The highest BCUT2D eigenvalue weighted by atomic mass is 31.2. The molecule has 23 heavy (non-hydrogen) atoms. The van der Waals surface area contributed by atoms with Gasteiger partial charge in [0.15, 0.2) is 0 Å². The van der Waals surface area contributed by atoms with Crippen LogP contribution in [0.1, 0.15) is 91.4 Å². The lowest BCUT2D eigenvalue weighted by molar-refractivity contribution is -0.119. The Morgan fingerprint density at radius 2 is 1.35 bits per heavy atom. The van der Waals surface area contributed by atoms with Crippen molar-refractivity contribution in [3.63, 3.8) is 0 Å². The van der Waals surface area contributed by atoms with E-state index in [1.807, 2.05) is 0 Å². The molecule has 0 radical (unpaired) electrons. The van der Waals surface area contributed by atoms with Gasteiger partial charge in [-0.2, -0.15) is 0 Å². The van der Waals surface area contributed by atoms with E-state index in [1.165, 1.54) is 89.1 Å². The molecule has 136 valence electrons. The zero-order chi connectivity index (χ0) is 17.0. The maximum Gasteiger partial charge on any atom is 0.257 e. The lowest BCUT2D eigenvalue weighted by atomic mass is 9.95. The quantitative estimate of drug-likeness (QED) is 0.443. The van der Waals surface area contributed by atoms with E-state index in [4.69, 9.17) is 0 Å². The third-order valence-corrected chi connectivity index (χ3v) is 10.2. The van der Waals surface area contributed by atoms with E-state index in [9.17, 15) is 4.79 Å². The van der Waals surface area contributed by atoms with Crippen molar-refractivity contribution in [2.24, 2.45) is 0 Å². The molecule has 0 unspecified atom stereocenters. The zero-order valence-electron chi connectivity index (χ0n) is 16.0. The first kappa shape index (κ1) is 20.9. The van der Waals surface area contributed by atoms with Gasteiger partial charge < -0.3 is 5.32 Å². The molecule has 1 N–H and O–H groups in total. The summed E-state index contributed by atoms with van der Waals surface area (Å²) in [7, 11) is -1.08. The molecule has 0 spiro atoms. The van der Waals surface area contributed by atoms with Gasteiger partial charge in [-0.3, -0.25) is 4.79 Å². The second-order valence-corrected chi connectivity index (χ2v) is 12.0. The number of unbranched alkanes of at least 4 members (excludes halogenated alkanes) is 3. The van der Waals surface area contributed by atoms with Gasteiger partial charge in [0.05, 0.1) is 18.5 Å².